The second-order valence-electron chi connectivity index (χ2n) is 0.492. The molecule has 0 aromatic rings. The molecule has 3 heteroatoms. The zero-order valence-corrected chi connectivity index (χ0v) is 3.77. The Balaban J connectivity index is 0. The van der Waals surface area contributed by atoms with Gasteiger partial charge in [0.15, 0.2) is 0 Å². The second kappa shape index (κ2) is 3.99. The number of rotatable bonds is 0. The molecule has 1 radical (unpaired) electrons. The molecule has 0 atom stereocenters. The molecule has 0 fully saturated rings. The normalized spacial score (nSPS) is 5.00. The average Bonchev–Trinajstić information content (AvgIpc) is 0.811. The number of carbonyl (C=O) groups excluding carboxylic acids is 1. The predicted molar refractivity (Wildman–Crippen MR) is 10.7 cm³/mol. The molecule has 0 saturated carbocycles. The van der Waals surface area contributed by atoms with Crippen molar-refractivity contribution in [2.24, 2.45) is 0 Å². The molecule has 0 amide bonds. The van der Waals surface area contributed by atoms with Gasteiger partial charge < -0.3 is 9.90 Å². The van der Waals surface area contributed by atoms with Crippen LogP contribution in [0.1, 0.15) is 6.92 Å². The van der Waals surface area contributed by atoms with Gasteiger partial charge in [0, 0.05) is 5.97 Å². The Bertz CT molecular complexity index is 30.6. The van der Waals surface area contributed by atoms with E-state index in [0.717, 1.165) is 6.92 Å². The van der Waals surface area contributed by atoms with Crippen LogP contribution in [0.5, 0.6) is 0 Å². The van der Waals surface area contributed by atoms with Gasteiger partial charge in [0.1, 0.15) is 0 Å². The molecule has 0 bridgehead atoms. The van der Waals surface area contributed by atoms with Crippen LogP contribution in [-0.4, -0.2) is 5.97 Å². The molecule has 5 heavy (non-hydrogen) atoms. The van der Waals surface area contributed by atoms with E-state index in [0.29, 0.717) is 0 Å². The molecule has 0 aliphatic carbocycles. The van der Waals surface area contributed by atoms with Crippen molar-refractivity contribution < 1.29 is 27.0 Å². The fourth-order valence-corrected chi connectivity index (χ4v) is 0. The van der Waals surface area contributed by atoms with Crippen LogP contribution in [0.4, 0.5) is 0 Å². The first kappa shape index (κ1) is 8.89. The van der Waals surface area contributed by atoms with Crippen molar-refractivity contribution in [1.29, 1.82) is 0 Å². The predicted octanol–water partition coefficient (Wildman–Crippen LogP) is -1.25. The third-order valence-corrected chi connectivity index (χ3v) is 0. The summed E-state index contributed by atoms with van der Waals surface area (Å²) in [5.74, 6) is -1.08. The molecule has 0 unspecified atom stereocenters. The molecule has 0 aromatic heterocycles. The quantitative estimate of drug-likeness (QED) is 0.370. The van der Waals surface area contributed by atoms with E-state index in [1.54, 1.807) is 0 Å². The molecular weight excluding hydrogens is 112 g/mol. The van der Waals surface area contributed by atoms with Crippen molar-refractivity contribution >= 4 is 5.97 Å². The molecule has 0 aliphatic heterocycles. The minimum atomic E-state index is -1.08. The standard InChI is InChI=1S/C2H4O2.Fe/c1-2(3)4;/h1H3,(H,3,4);/q;+3/p-1. The minimum Gasteiger partial charge on any atom is -0.550 e. The first-order chi connectivity index (χ1) is 1.73. The van der Waals surface area contributed by atoms with Gasteiger partial charge in [0.05, 0.1) is 0 Å². The average molecular weight is 115 g/mol. The summed E-state index contributed by atoms with van der Waals surface area (Å²) in [7, 11) is 0. The van der Waals surface area contributed by atoms with E-state index in [1.165, 1.54) is 0 Å². The Morgan fingerprint density at radius 3 is 1.80 bits per heavy atom. The van der Waals surface area contributed by atoms with Gasteiger partial charge in [-0.3, -0.25) is 0 Å². The fraction of sp³-hybridized carbons (Fsp3) is 0.500. The topological polar surface area (TPSA) is 40.1 Å². The van der Waals surface area contributed by atoms with E-state index in [9.17, 15) is 0 Å². The van der Waals surface area contributed by atoms with Crippen LogP contribution in [0.2, 0.25) is 0 Å². The molecule has 0 aliphatic rings. The Kier molecular flexibility index (Phi) is 7.09. The Morgan fingerprint density at radius 1 is 1.80 bits per heavy atom. The molecule has 0 spiro atoms. The Labute approximate surface area is 40.7 Å². The summed E-state index contributed by atoms with van der Waals surface area (Å²) in [5, 5.41) is 8.89. The third kappa shape index (κ3) is 143000. The number of hydrogen-bond donors (Lipinski definition) is 0. The van der Waals surface area contributed by atoms with Crippen LogP contribution in [0, 0.1) is 0 Å². The number of carbonyl (C=O) groups is 1. The molecule has 0 heterocycles. The van der Waals surface area contributed by atoms with Gasteiger partial charge in [-0.1, -0.05) is 0 Å². The number of carboxylic acids is 1. The van der Waals surface area contributed by atoms with Crippen LogP contribution in [-0.2, 0) is 21.9 Å². The maximum atomic E-state index is 8.89. The molecule has 0 saturated heterocycles. The summed E-state index contributed by atoms with van der Waals surface area (Å²) < 4.78 is 0. The third-order valence-electron chi connectivity index (χ3n) is 0. The number of hydrogen-bond acceptors (Lipinski definition) is 2. The Hall–Kier alpha value is -0.0105. The van der Waals surface area contributed by atoms with Crippen molar-refractivity contribution in [3.8, 4) is 0 Å². The SMILES string of the molecule is CC(=O)[O-].[Fe+3]. The van der Waals surface area contributed by atoms with E-state index in [-0.39, 0.29) is 17.1 Å². The fourth-order valence-electron chi connectivity index (χ4n) is 0. The zero-order chi connectivity index (χ0) is 3.58. The van der Waals surface area contributed by atoms with Gasteiger partial charge in [-0.15, -0.1) is 0 Å². The monoisotopic (exact) mass is 115 g/mol. The number of carboxylic acid groups (broad SMARTS) is 1. The smallest absolute Gasteiger partial charge is 0.550 e. The molecule has 0 rings (SSSR count). The van der Waals surface area contributed by atoms with E-state index in [1.807, 2.05) is 0 Å². The van der Waals surface area contributed by atoms with E-state index < -0.39 is 5.97 Å². The summed E-state index contributed by atoms with van der Waals surface area (Å²) in [6, 6.07) is 0. The van der Waals surface area contributed by atoms with E-state index >= 15 is 0 Å². The van der Waals surface area contributed by atoms with Crippen LogP contribution >= 0.6 is 0 Å². The molecular formula is C2H3FeO2+2. The van der Waals surface area contributed by atoms with Gasteiger partial charge in [-0.25, -0.2) is 0 Å². The van der Waals surface area contributed by atoms with Crippen molar-refractivity contribution in [3.05, 3.63) is 0 Å². The maximum Gasteiger partial charge on any atom is 3.00 e. The van der Waals surface area contributed by atoms with Gasteiger partial charge in [0.25, 0.3) is 0 Å². The summed E-state index contributed by atoms with van der Waals surface area (Å²) in [6.07, 6.45) is 0. The second-order valence-corrected chi connectivity index (χ2v) is 0.492. The van der Waals surface area contributed by atoms with Crippen molar-refractivity contribution in [1.82, 2.24) is 0 Å². The van der Waals surface area contributed by atoms with Gasteiger partial charge in [-0.2, -0.15) is 0 Å². The largest absolute Gasteiger partial charge is 3.00 e. The Morgan fingerprint density at radius 2 is 1.80 bits per heavy atom. The van der Waals surface area contributed by atoms with Crippen molar-refractivity contribution in [2.75, 3.05) is 0 Å². The first-order valence-electron chi connectivity index (χ1n) is 0.908. The maximum absolute atomic E-state index is 8.89. The molecule has 0 aromatic carbocycles. The van der Waals surface area contributed by atoms with Crippen molar-refractivity contribution in [3.63, 3.8) is 0 Å². The molecule has 29 valence electrons. The summed E-state index contributed by atoms with van der Waals surface area (Å²) in [5.41, 5.74) is 0. The summed E-state index contributed by atoms with van der Waals surface area (Å²) in [4.78, 5) is 8.89. The summed E-state index contributed by atoms with van der Waals surface area (Å²) >= 11 is 0. The minimum absolute atomic E-state index is 0. The van der Waals surface area contributed by atoms with Crippen LogP contribution in [0.15, 0.2) is 0 Å². The van der Waals surface area contributed by atoms with Crippen LogP contribution < -0.4 is 5.11 Å². The van der Waals surface area contributed by atoms with Gasteiger partial charge in [-0.05, 0) is 6.92 Å². The van der Waals surface area contributed by atoms with Crippen LogP contribution in [0.3, 0.4) is 0 Å². The van der Waals surface area contributed by atoms with E-state index in [2.05, 4.69) is 0 Å². The molecule has 0 N–H and O–H groups in total. The molecule has 2 nitrogen and oxygen atoms in total. The first-order valence-corrected chi connectivity index (χ1v) is 0.908. The number of aliphatic carboxylic acids is 1. The zero-order valence-electron chi connectivity index (χ0n) is 2.67. The van der Waals surface area contributed by atoms with Crippen LogP contribution in [0.25, 0.3) is 0 Å². The van der Waals surface area contributed by atoms with E-state index in [4.69, 9.17) is 9.90 Å². The van der Waals surface area contributed by atoms with Crippen molar-refractivity contribution in [2.45, 2.75) is 6.92 Å². The van der Waals surface area contributed by atoms with Gasteiger partial charge >= 0.3 is 17.1 Å². The van der Waals surface area contributed by atoms with Gasteiger partial charge in [0.2, 0.25) is 0 Å². The summed E-state index contributed by atoms with van der Waals surface area (Å²) in [6.45, 7) is 0.972.